The van der Waals surface area contributed by atoms with Gasteiger partial charge in [-0.3, -0.25) is 4.79 Å². The Kier molecular flexibility index (Phi) is 4.98. The van der Waals surface area contributed by atoms with Crippen LogP contribution in [0.5, 0.6) is 17.2 Å². The maximum absolute atomic E-state index is 12.6. The average molecular weight is 347 g/mol. The van der Waals surface area contributed by atoms with Crippen LogP contribution in [-0.2, 0) is 0 Å². The Bertz CT molecular complexity index is 682. The molecule has 0 unspecified atom stereocenters. The van der Waals surface area contributed by atoms with Crippen LogP contribution in [0.15, 0.2) is 18.2 Å². The number of hydrogen-bond acceptors (Lipinski definition) is 5. The van der Waals surface area contributed by atoms with Gasteiger partial charge in [0, 0.05) is 6.07 Å². The zero-order chi connectivity index (χ0) is 15.6. The third-order valence-corrected chi connectivity index (χ3v) is 4.34. The van der Waals surface area contributed by atoms with Gasteiger partial charge in [0.15, 0.2) is 17.3 Å². The van der Waals surface area contributed by atoms with Crippen LogP contribution in [0.4, 0.5) is 0 Å². The van der Waals surface area contributed by atoms with Gasteiger partial charge in [0.2, 0.25) is 0 Å². The average Bonchev–Trinajstić information content (AvgIpc) is 2.83. The molecule has 0 saturated carbocycles. The minimum absolute atomic E-state index is 0.291. The molecule has 0 radical (unpaired) electrons. The first-order valence-electron chi connectivity index (χ1n) is 5.81. The van der Waals surface area contributed by atoms with E-state index >= 15 is 0 Å². The van der Waals surface area contributed by atoms with Crippen molar-refractivity contribution in [3.05, 3.63) is 38.0 Å². The summed E-state index contributed by atoms with van der Waals surface area (Å²) in [6, 6.07) is 4.68. The fraction of sp³-hybridized carbons (Fsp3) is 0.214. The summed E-state index contributed by atoms with van der Waals surface area (Å²) in [5, 5.41) is 0. The Morgan fingerprint density at radius 3 is 1.95 bits per heavy atom. The molecule has 1 heterocycles. The molecule has 0 saturated heterocycles. The number of ketones is 1. The number of benzene rings is 1. The zero-order valence-corrected chi connectivity index (χ0v) is 13.9. The largest absolute Gasteiger partial charge is 0.496 e. The highest BCUT2D eigenvalue weighted by atomic mass is 35.5. The molecule has 1 aromatic carbocycles. The molecule has 0 amide bonds. The van der Waals surface area contributed by atoms with Crippen molar-refractivity contribution in [1.29, 1.82) is 0 Å². The monoisotopic (exact) mass is 346 g/mol. The lowest BCUT2D eigenvalue weighted by molar-refractivity contribution is 0.103. The van der Waals surface area contributed by atoms with Gasteiger partial charge in [-0.2, -0.15) is 0 Å². The molecule has 0 N–H and O–H groups in total. The van der Waals surface area contributed by atoms with Gasteiger partial charge in [0.25, 0.3) is 0 Å². The van der Waals surface area contributed by atoms with E-state index in [1.807, 2.05) is 0 Å². The Morgan fingerprint density at radius 1 is 0.905 bits per heavy atom. The highest BCUT2D eigenvalue weighted by Crippen LogP contribution is 2.38. The van der Waals surface area contributed by atoms with Crippen molar-refractivity contribution < 1.29 is 19.0 Å². The molecule has 112 valence electrons. The third-order valence-electron chi connectivity index (χ3n) is 2.85. The maximum Gasteiger partial charge on any atom is 0.199 e. The quantitative estimate of drug-likeness (QED) is 0.756. The van der Waals surface area contributed by atoms with Crippen molar-refractivity contribution in [2.24, 2.45) is 0 Å². The summed E-state index contributed by atoms with van der Waals surface area (Å²) >= 11 is 13.1. The second kappa shape index (κ2) is 6.56. The molecule has 0 aliphatic heterocycles. The molecular formula is C14H12Cl2O4S. The molecule has 1 aromatic heterocycles. The summed E-state index contributed by atoms with van der Waals surface area (Å²) in [4.78, 5) is 12.6. The molecule has 4 nitrogen and oxygen atoms in total. The highest BCUT2D eigenvalue weighted by molar-refractivity contribution is 7.20. The van der Waals surface area contributed by atoms with E-state index in [9.17, 15) is 4.79 Å². The van der Waals surface area contributed by atoms with Gasteiger partial charge in [-0.05, 0) is 12.1 Å². The van der Waals surface area contributed by atoms with Crippen molar-refractivity contribution in [1.82, 2.24) is 0 Å². The van der Waals surface area contributed by atoms with Crippen LogP contribution < -0.4 is 14.2 Å². The normalized spacial score (nSPS) is 10.3. The number of ether oxygens (including phenoxy) is 3. The van der Waals surface area contributed by atoms with E-state index in [1.54, 1.807) is 12.1 Å². The second-order valence-corrected chi connectivity index (χ2v) is 6.26. The fourth-order valence-electron chi connectivity index (χ4n) is 1.85. The van der Waals surface area contributed by atoms with E-state index in [2.05, 4.69) is 0 Å². The minimum Gasteiger partial charge on any atom is -0.496 e. The van der Waals surface area contributed by atoms with Crippen LogP contribution in [0.2, 0.25) is 8.67 Å². The Balaban J connectivity index is 2.56. The molecule has 0 bridgehead atoms. The minimum atomic E-state index is -0.291. The Hall–Kier alpha value is -1.43. The van der Waals surface area contributed by atoms with Crippen molar-refractivity contribution in [2.75, 3.05) is 21.3 Å². The topological polar surface area (TPSA) is 44.8 Å². The molecule has 0 spiro atoms. The number of thiophene rings is 1. The highest BCUT2D eigenvalue weighted by Gasteiger charge is 2.22. The second-order valence-electron chi connectivity index (χ2n) is 3.97. The summed E-state index contributed by atoms with van der Waals surface area (Å²) in [5.41, 5.74) is 0.656. The molecule has 0 atom stereocenters. The van der Waals surface area contributed by atoms with E-state index in [0.717, 1.165) is 11.3 Å². The van der Waals surface area contributed by atoms with Gasteiger partial charge in [0.05, 0.1) is 36.8 Å². The lowest BCUT2D eigenvalue weighted by atomic mass is 10.0. The number of methoxy groups -OCH3 is 3. The van der Waals surface area contributed by atoms with Gasteiger partial charge >= 0.3 is 0 Å². The van der Waals surface area contributed by atoms with Crippen molar-refractivity contribution in [3.63, 3.8) is 0 Å². The van der Waals surface area contributed by atoms with Gasteiger partial charge in [-0.1, -0.05) is 23.2 Å². The Labute approximate surface area is 136 Å². The van der Waals surface area contributed by atoms with Crippen LogP contribution in [0, 0.1) is 0 Å². The van der Waals surface area contributed by atoms with Crippen LogP contribution in [0.3, 0.4) is 0 Å². The number of rotatable bonds is 5. The summed E-state index contributed by atoms with van der Waals surface area (Å²) in [5.74, 6) is 0.983. The standard InChI is InChI=1S/C14H12Cl2O4S/c1-18-9-6-11(20-3)10(19-2)4-7(9)13(17)8-5-12(15)21-14(8)16/h4-6H,1-3H3. The first kappa shape index (κ1) is 15.9. The fourth-order valence-corrected chi connectivity index (χ4v) is 3.31. The summed E-state index contributed by atoms with van der Waals surface area (Å²) in [6.07, 6.45) is 0. The first-order chi connectivity index (χ1) is 10.0. The summed E-state index contributed by atoms with van der Waals surface area (Å²) < 4.78 is 16.4. The first-order valence-corrected chi connectivity index (χ1v) is 7.38. The van der Waals surface area contributed by atoms with Crippen molar-refractivity contribution in [3.8, 4) is 17.2 Å². The van der Waals surface area contributed by atoms with E-state index in [1.165, 1.54) is 27.4 Å². The van der Waals surface area contributed by atoms with Crippen molar-refractivity contribution in [2.45, 2.75) is 0 Å². The molecular weight excluding hydrogens is 335 g/mol. The SMILES string of the molecule is COc1cc(OC)c(C(=O)c2cc(Cl)sc2Cl)cc1OC. The molecule has 2 rings (SSSR count). The van der Waals surface area contributed by atoms with E-state index in [-0.39, 0.29) is 5.78 Å². The van der Waals surface area contributed by atoms with Gasteiger partial charge in [0.1, 0.15) is 10.1 Å². The number of carbonyl (C=O) groups excluding carboxylic acids is 1. The number of halogens is 2. The molecule has 7 heteroatoms. The van der Waals surface area contributed by atoms with Gasteiger partial charge < -0.3 is 14.2 Å². The van der Waals surface area contributed by atoms with Gasteiger partial charge in [-0.15, -0.1) is 11.3 Å². The van der Waals surface area contributed by atoms with Crippen LogP contribution in [-0.4, -0.2) is 27.1 Å². The van der Waals surface area contributed by atoms with E-state index in [0.29, 0.717) is 37.0 Å². The molecule has 0 fully saturated rings. The number of carbonyl (C=O) groups is 1. The molecule has 2 aromatic rings. The molecule has 0 aliphatic carbocycles. The lowest BCUT2D eigenvalue weighted by Crippen LogP contribution is -2.05. The Morgan fingerprint density at radius 2 is 1.48 bits per heavy atom. The molecule has 0 aliphatic rings. The van der Waals surface area contributed by atoms with E-state index in [4.69, 9.17) is 37.4 Å². The van der Waals surface area contributed by atoms with E-state index < -0.39 is 0 Å². The lowest BCUT2D eigenvalue weighted by Gasteiger charge is -2.13. The van der Waals surface area contributed by atoms with Crippen LogP contribution >= 0.6 is 34.5 Å². The maximum atomic E-state index is 12.6. The van der Waals surface area contributed by atoms with Crippen molar-refractivity contribution >= 4 is 40.3 Å². The van der Waals surface area contributed by atoms with Crippen LogP contribution in [0.25, 0.3) is 0 Å². The molecule has 21 heavy (non-hydrogen) atoms. The van der Waals surface area contributed by atoms with Crippen LogP contribution in [0.1, 0.15) is 15.9 Å². The summed E-state index contributed by atoms with van der Waals surface area (Å²) in [6.45, 7) is 0. The van der Waals surface area contributed by atoms with Gasteiger partial charge in [-0.25, -0.2) is 0 Å². The third kappa shape index (κ3) is 3.10. The number of hydrogen-bond donors (Lipinski definition) is 0. The predicted molar refractivity (Wildman–Crippen MR) is 83.9 cm³/mol. The predicted octanol–water partition coefficient (Wildman–Crippen LogP) is 4.31. The summed E-state index contributed by atoms with van der Waals surface area (Å²) in [7, 11) is 4.47. The smallest absolute Gasteiger partial charge is 0.199 e. The zero-order valence-electron chi connectivity index (χ0n) is 11.5.